The predicted molar refractivity (Wildman–Crippen MR) is 174 cm³/mol. The van der Waals surface area contributed by atoms with Crippen molar-refractivity contribution in [3.05, 3.63) is 89.5 Å². The average molecular weight is 623 g/mol. The molecule has 0 unspecified atom stereocenters. The SMILES string of the molecule is CC(C)(C)c1ccc(NC(=O)OCSC2(SCOC(=O)Nc3ccc(C(C)(C)C)cc3)COc3ccccc3C2=O)cc1. The summed E-state index contributed by atoms with van der Waals surface area (Å²) in [5.41, 5.74) is 3.91. The van der Waals surface area contributed by atoms with Crippen molar-refractivity contribution in [1.82, 2.24) is 0 Å². The average Bonchev–Trinajstić information content (AvgIpc) is 2.94. The zero-order chi connectivity index (χ0) is 31.3. The van der Waals surface area contributed by atoms with Crippen molar-refractivity contribution in [1.29, 1.82) is 0 Å². The van der Waals surface area contributed by atoms with Crippen LogP contribution in [0.5, 0.6) is 5.75 Å². The van der Waals surface area contributed by atoms with Crippen LogP contribution in [0.25, 0.3) is 0 Å². The summed E-state index contributed by atoms with van der Waals surface area (Å²) in [6.07, 6.45) is -1.29. The van der Waals surface area contributed by atoms with Crippen LogP contribution in [-0.4, -0.2) is 40.5 Å². The lowest BCUT2D eigenvalue weighted by Crippen LogP contribution is -2.43. The highest BCUT2D eigenvalue weighted by molar-refractivity contribution is 8.19. The number of fused-ring (bicyclic) bond motifs is 1. The lowest BCUT2D eigenvalue weighted by Gasteiger charge is -2.34. The summed E-state index contributed by atoms with van der Waals surface area (Å²) in [6, 6.07) is 22.1. The highest BCUT2D eigenvalue weighted by Crippen LogP contribution is 2.45. The number of amides is 2. The molecule has 0 saturated heterocycles. The monoisotopic (exact) mass is 622 g/mol. The molecule has 0 fully saturated rings. The Bertz CT molecular complexity index is 1370. The standard InChI is InChI=1S/C33H38N2O6S2/c1-31(2,3)22-11-15-24(16-12-22)34-29(37)40-20-42-33(19-39-27-10-8-7-9-26(27)28(33)36)43-21-41-30(38)35-25-17-13-23(14-18-25)32(4,5)6/h7-18H,19-21H2,1-6H3,(H,34,37)(H,35,38). The first kappa shape index (κ1) is 32.3. The Kier molecular flexibility index (Phi) is 10.0. The number of carbonyl (C=O) groups excluding carboxylic acids is 3. The Labute approximate surface area is 261 Å². The first-order chi connectivity index (χ1) is 20.3. The first-order valence-electron chi connectivity index (χ1n) is 13.9. The maximum Gasteiger partial charge on any atom is 0.412 e. The molecule has 0 atom stereocenters. The maximum absolute atomic E-state index is 13.7. The van der Waals surface area contributed by atoms with Gasteiger partial charge in [0.1, 0.15) is 24.2 Å². The molecule has 3 aromatic carbocycles. The van der Waals surface area contributed by atoms with E-state index in [-0.39, 0.29) is 35.1 Å². The van der Waals surface area contributed by atoms with Gasteiger partial charge >= 0.3 is 12.2 Å². The number of hydrogen-bond acceptors (Lipinski definition) is 8. The van der Waals surface area contributed by atoms with Crippen molar-refractivity contribution >= 4 is 52.9 Å². The molecule has 43 heavy (non-hydrogen) atoms. The summed E-state index contributed by atoms with van der Waals surface area (Å²) in [5.74, 6) is 0.0392. The normalized spacial score (nSPS) is 14.2. The summed E-state index contributed by atoms with van der Waals surface area (Å²) < 4.78 is 15.6. The molecule has 3 aromatic rings. The van der Waals surface area contributed by atoms with E-state index in [1.54, 1.807) is 24.3 Å². The van der Waals surface area contributed by atoms with E-state index in [1.807, 2.05) is 48.5 Å². The van der Waals surface area contributed by atoms with Gasteiger partial charge in [-0.3, -0.25) is 15.4 Å². The van der Waals surface area contributed by atoms with Crippen molar-refractivity contribution in [2.75, 3.05) is 29.1 Å². The molecule has 1 heterocycles. The van der Waals surface area contributed by atoms with Crippen molar-refractivity contribution in [3.8, 4) is 5.75 Å². The Morgan fingerprint density at radius 1 is 0.744 bits per heavy atom. The second kappa shape index (κ2) is 13.3. The van der Waals surface area contributed by atoms with Gasteiger partial charge in [0.25, 0.3) is 0 Å². The molecule has 228 valence electrons. The van der Waals surface area contributed by atoms with Gasteiger partial charge in [-0.15, -0.1) is 0 Å². The maximum atomic E-state index is 13.7. The first-order valence-corrected chi connectivity index (χ1v) is 15.9. The molecule has 1 aliphatic rings. The minimum absolute atomic E-state index is 0.00300. The number of hydrogen-bond donors (Lipinski definition) is 2. The summed E-state index contributed by atoms with van der Waals surface area (Å²) in [4.78, 5) is 38.7. The fourth-order valence-corrected chi connectivity index (χ4v) is 6.35. The van der Waals surface area contributed by atoms with E-state index in [4.69, 9.17) is 14.2 Å². The Morgan fingerprint density at radius 3 is 1.63 bits per heavy atom. The zero-order valence-corrected chi connectivity index (χ0v) is 26.9. The van der Waals surface area contributed by atoms with E-state index in [0.29, 0.717) is 22.7 Å². The van der Waals surface area contributed by atoms with Crippen molar-refractivity contribution in [2.45, 2.75) is 56.5 Å². The fraction of sp³-hybridized carbons (Fsp3) is 0.364. The van der Waals surface area contributed by atoms with Crippen LogP contribution in [0.2, 0.25) is 0 Å². The van der Waals surface area contributed by atoms with Gasteiger partial charge in [-0.25, -0.2) is 9.59 Å². The van der Waals surface area contributed by atoms with Crippen molar-refractivity contribution in [2.24, 2.45) is 0 Å². The van der Waals surface area contributed by atoms with Crippen molar-refractivity contribution < 1.29 is 28.6 Å². The van der Waals surface area contributed by atoms with Gasteiger partial charge in [-0.1, -0.05) is 101 Å². The minimum Gasteiger partial charge on any atom is -0.490 e. The third-order valence-corrected chi connectivity index (χ3v) is 9.57. The van der Waals surface area contributed by atoms with Gasteiger partial charge in [0.15, 0.2) is 9.86 Å². The van der Waals surface area contributed by atoms with Crippen LogP contribution in [0.1, 0.15) is 63.0 Å². The Hall–Kier alpha value is -3.63. The molecule has 0 bridgehead atoms. The molecular formula is C33H38N2O6S2. The van der Waals surface area contributed by atoms with Crippen molar-refractivity contribution in [3.63, 3.8) is 0 Å². The van der Waals surface area contributed by atoms with Gasteiger partial charge in [0.05, 0.1) is 5.56 Å². The second-order valence-corrected chi connectivity index (χ2v) is 14.9. The quantitative estimate of drug-likeness (QED) is 0.241. The number of Topliss-reactive ketones (excluding diaryl/α,β-unsaturated/α-hetero) is 1. The number of rotatable bonds is 8. The lowest BCUT2D eigenvalue weighted by molar-refractivity contribution is 0.0922. The van der Waals surface area contributed by atoms with Gasteiger partial charge in [-0.2, -0.15) is 0 Å². The topological polar surface area (TPSA) is 103 Å². The number of thioether (sulfide) groups is 2. The molecule has 0 aromatic heterocycles. The van der Waals surface area contributed by atoms with Gasteiger partial charge in [0.2, 0.25) is 0 Å². The molecule has 10 heteroatoms. The molecule has 0 radical (unpaired) electrons. The van der Waals surface area contributed by atoms with Gasteiger partial charge in [0, 0.05) is 11.4 Å². The van der Waals surface area contributed by atoms with E-state index >= 15 is 0 Å². The summed E-state index contributed by atoms with van der Waals surface area (Å²) in [7, 11) is 0. The van der Waals surface area contributed by atoms with Gasteiger partial charge < -0.3 is 14.2 Å². The molecule has 0 aliphatic carbocycles. The van der Waals surface area contributed by atoms with Gasteiger partial charge in [-0.05, 0) is 58.4 Å². The van der Waals surface area contributed by atoms with Crippen LogP contribution in [0, 0.1) is 0 Å². The molecular weight excluding hydrogens is 585 g/mol. The van der Waals surface area contributed by atoms with Crippen LogP contribution in [-0.2, 0) is 20.3 Å². The molecule has 2 amide bonds. The molecule has 1 aliphatic heterocycles. The zero-order valence-electron chi connectivity index (χ0n) is 25.3. The molecule has 0 saturated carbocycles. The Morgan fingerprint density at radius 2 is 1.19 bits per heavy atom. The second-order valence-electron chi connectivity index (χ2n) is 12.2. The summed E-state index contributed by atoms with van der Waals surface area (Å²) in [6.45, 7) is 12.7. The number of carbonyl (C=O) groups is 3. The molecule has 2 N–H and O–H groups in total. The number of anilines is 2. The van der Waals surface area contributed by atoms with E-state index in [2.05, 4.69) is 52.2 Å². The number of benzene rings is 3. The largest absolute Gasteiger partial charge is 0.490 e. The Balaban J connectivity index is 1.35. The van der Waals surface area contributed by atoms with Crippen LogP contribution < -0.4 is 15.4 Å². The van der Waals surface area contributed by atoms with Crippen LogP contribution in [0.3, 0.4) is 0 Å². The van der Waals surface area contributed by atoms with E-state index in [0.717, 1.165) is 34.7 Å². The lowest BCUT2D eigenvalue weighted by atomic mass is 9.87. The third-order valence-electron chi connectivity index (χ3n) is 6.85. The number of ether oxygens (including phenoxy) is 3. The predicted octanol–water partition coefficient (Wildman–Crippen LogP) is 8.43. The van der Waals surface area contributed by atoms with E-state index < -0.39 is 16.3 Å². The van der Waals surface area contributed by atoms with E-state index in [9.17, 15) is 14.4 Å². The van der Waals surface area contributed by atoms with E-state index in [1.165, 1.54) is 0 Å². The number of ketones is 1. The molecule has 8 nitrogen and oxygen atoms in total. The van der Waals surface area contributed by atoms with Crippen LogP contribution >= 0.6 is 23.5 Å². The van der Waals surface area contributed by atoms with Crippen LogP contribution in [0.15, 0.2) is 72.8 Å². The van der Waals surface area contributed by atoms with Crippen LogP contribution in [0.4, 0.5) is 21.0 Å². The molecule has 0 spiro atoms. The summed E-state index contributed by atoms with van der Waals surface area (Å²) in [5, 5.41) is 5.43. The third kappa shape index (κ3) is 8.48. The number of para-hydroxylation sites is 1. The number of nitrogens with one attached hydrogen (secondary N) is 2. The highest BCUT2D eigenvalue weighted by atomic mass is 32.2. The fourth-order valence-electron chi connectivity index (χ4n) is 4.25. The smallest absolute Gasteiger partial charge is 0.412 e. The highest BCUT2D eigenvalue weighted by Gasteiger charge is 2.46. The summed E-state index contributed by atoms with van der Waals surface area (Å²) >= 11 is 2.23. The molecule has 4 rings (SSSR count). The minimum atomic E-state index is -1.20.